The first-order valence-electron chi connectivity index (χ1n) is 5.14. The number of rotatable bonds is 2. The summed E-state index contributed by atoms with van der Waals surface area (Å²) in [5.41, 5.74) is 2.26. The van der Waals surface area contributed by atoms with Crippen molar-refractivity contribution in [3.8, 4) is 5.82 Å². The SMILES string of the molecule is C.Cc1cn(-c2ccc(C(C)C)cn2)cn1. The molecule has 2 aromatic heterocycles. The Bertz CT molecular complexity index is 440. The van der Waals surface area contributed by atoms with Crippen LogP contribution in [0.1, 0.15) is 38.4 Å². The summed E-state index contributed by atoms with van der Waals surface area (Å²) in [5.74, 6) is 1.44. The number of imidazole rings is 1. The van der Waals surface area contributed by atoms with Crippen molar-refractivity contribution in [1.29, 1.82) is 0 Å². The standard InChI is InChI=1S/C12H15N3.CH4/c1-9(2)11-4-5-12(13-6-11)15-7-10(3)14-8-15;/h4-9H,1-3H3;1H4. The second-order valence-corrected chi connectivity index (χ2v) is 4.03. The van der Waals surface area contributed by atoms with Gasteiger partial charge in [0, 0.05) is 12.4 Å². The Hall–Kier alpha value is -1.64. The van der Waals surface area contributed by atoms with Crippen molar-refractivity contribution in [3.63, 3.8) is 0 Å². The summed E-state index contributed by atoms with van der Waals surface area (Å²) in [7, 11) is 0. The Kier molecular flexibility index (Phi) is 3.82. The van der Waals surface area contributed by atoms with Crippen LogP contribution in [0.4, 0.5) is 0 Å². The number of hydrogen-bond donors (Lipinski definition) is 0. The molecule has 0 saturated heterocycles. The van der Waals surface area contributed by atoms with Crippen molar-refractivity contribution in [1.82, 2.24) is 14.5 Å². The maximum Gasteiger partial charge on any atom is 0.137 e. The van der Waals surface area contributed by atoms with Crippen LogP contribution < -0.4 is 0 Å². The lowest BCUT2D eigenvalue weighted by atomic mass is 10.1. The third-order valence-electron chi connectivity index (χ3n) is 2.41. The van der Waals surface area contributed by atoms with E-state index in [2.05, 4.69) is 29.9 Å². The minimum atomic E-state index is 0. The molecule has 16 heavy (non-hydrogen) atoms. The molecule has 0 amide bonds. The average Bonchev–Trinajstić information content (AvgIpc) is 2.65. The van der Waals surface area contributed by atoms with Gasteiger partial charge in [-0.15, -0.1) is 0 Å². The van der Waals surface area contributed by atoms with Crippen LogP contribution in [0.25, 0.3) is 5.82 Å². The Balaban J connectivity index is 0.00000128. The van der Waals surface area contributed by atoms with Crippen molar-refractivity contribution >= 4 is 0 Å². The third kappa shape index (κ3) is 2.48. The van der Waals surface area contributed by atoms with Crippen LogP contribution >= 0.6 is 0 Å². The smallest absolute Gasteiger partial charge is 0.137 e. The van der Waals surface area contributed by atoms with Gasteiger partial charge in [-0.3, -0.25) is 4.57 Å². The largest absolute Gasteiger partial charge is 0.290 e. The van der Waals surface area contributed by atoms with Gasteiger partial charge in [-0.25, -0.2) is 9.97 Å². The molecule has 86 valence electrons. The third-order valence-corrected chi connectivity index (χ3v) is 2.41. The summed E-state index contributed by atoms with van der Waals surface area (Å²) in [6.45, 7) is 6.30. The van der Waals surface area contributed by atoms with Crippen LogP contribution in [0.15, 0.2) is 30.9 Å². The number of aromatic nitrogens is 3. The first-order valence-corrected chi connectivity index (χ1v) is 5.14. The molecule has 0 aliphatic rings. The van der Waals surface area contributed by atoms with E-state index in [1.54, 1.807) is 6.33 Å². The zero-order valence-electron chi connectivity index (χ0n) is 9.31. The molecule has 0 fully saturated rings. The summed E-state index contributed by atoms with van der Waals surface area (Å²) >= 11 is 0. The Morgan fingerprint density at radius 1 is 1.19 bits per heavy atom. The van der Waals surface area contributed by atoms with E-state index in [0.717, 1.165) is 11.5 Å². The van der Waals surface area contributed by atoms with E-state index >= 15 is 0 Å². The molecule has 0 atom stereocenters. The molecule has 2 rings (SSSR count). The summed E-state index contributed by atoms with van der Waals surface area (Å²) in [5, 5.41) is 0. The van der Waals surface area contributed by atoms with Crippen LogP contribution in [-0.2, 0) is 0 Å². The molecule has 3 heteroatoms. The predicted octanol–water partition coefficient (Wildman–Crippen LogP) is 3.34. The van der Waals surface area contributed by atoms with E-state index in [-0.39, 0.29) is 7.43 Å². The van der Waals surface area contributed by atoms with Crippen molar-refractivity contribution < 1.29 is 0 Å². The van der Waals surface area contributed by atoms with Gasteiger partial charge in [0.25, 0.3) is 0 Å². The van der Waals surface area contributed by atoms with Crippen molar-refractivity contribution in [2.24, 2.45) is 0 Å². The molecule has 0 saturated carbocycles. The molecule has 0 spiro atoms. The zero-order valence-corrected chi connectivity index (χ0v) is 9.31. The molecular weight excluding hydrogens is 198 g/mol. The highest BCUT2D eigenvalue weighted by Crippen LogP contribution is 2.14. The molecule has 2 heterocycles. The van der Waals surface area contributed by atoms with E-state index in [9.17, 15) is 0 Å². The van der Waals surface area contributed by atoms with Gasteiger partial charge in [-0.1, -0.05) is 27.3 Å². The quantitative estimate of drug-likeness (QED) is 0.772. The highest BCUT2D eigenvalue weighted by Gasteiger charge is 2.01. The predicted molar refractivity (Wildman–Crippen MR) is 66.9 cm³/mol. The monoisotopic (exact) mass is 217 g/mol. The fourth-order valence-corrected chi connectivity index (χ4v) is 1.44. The van der Waals surface area contributed by atoms with Crippen molar-refractivity contribution in [3.05, 3.63) is 42.1 Å². The molecule has 2 aromatic rings. The summed E-state index contributed by atoms with van der Waals surface area (Å²) in [4.78, 5) is 8.58. The summed E-state index contributed by atoms with van der Waals surface area (Å²) in [6.07, 6.45) is 5.68. The molecule has 0 radical (unpaired) electrons. The maximum atomic E-state index is 4.41. The normalized spacial score (nSPS) is 10.2. The van der Waals surface area contributed by atoms with Gasteiger partial charge in [0.1, 0.15) is 12.1 Å². The van der Waals surface area contributed by atoms with E-state index in [0.29, 0.717) is 5.92 Å². The van der Waals surface area contributed by atoms with Gasteiger partial charge in [-0.05, 0) is 24.5 Å². The lowest BCUT2D eigenvalue weighted by Crippen LogP contribution is -1.96. The molecular formula is C13H19N3. The Labute approximate surface area is 97.2 Å². The van der Waals surface area contributed by atoms with E-state index in [1.807, 2.05) is 30.0 Å². The second kappa shape index (κ2) is 4.92. The zero-order chi connectivity index (χ0) is 10.8. The van der Waals surface area contributed by atoms with Crippen LogP contribution in [0.2, 0.25) is 0 Å². The summed E-state index contributed by atoms with van der Waals surface area (Å²) < 4.78 is 1.93. The number of nitrogens with zero attached hydrogens (tertiary/aromatic N) is 3. The summed E-state index contributed by atoms with van der Waals surface area (Å²) in [6, 6.07) is 4.14. The van der Waals surface area contributed by atoms with Crippen LogP contribution in [-0.4, -0.2) is 14.5 Å². The molecule has 0 N–H and O–H groups in total. The molecule has 3 nitrogen and oxygen atoms in total. The second-order valence-electron chi connectivity index (χ2n) is 4.03. The number of hydrogen-bond acceptors (Lipinski definition) is 2. The fraction of sp³-hybridized carbons (Fsp3) is 0.385. The van der Waals surface area contributed by atoms with Gasteiger partial charge in [0.05, 0.1) is 5.69 Å². The Morgan fingerprint density at radius 3 is 2.38 bits per heavy atom. The Morgan fingerprint density at radius 2 is 1.94 bits per heavy atom. The van der Waals surface area contributed by atoms with E-state index < -0.39 is 0 Å². The first kappa shape index (κ1) is 12.4. The topological polar surface area (TPSA) is 30.7 Å². The molecule has 0 aromatic carbocycles. The highest BCUT2D eigenvalue weighted by molar-refractivity contribution is 5.27. The van der Waals surface area contributed by atoms with E-state index in [1.165, 1.54) is 5.56 Å². The van der Waals surface area contributed by atoms with Gasteiger partial charge < -0.3 is 0 Å². The van der Waals surface area contributed by atoms with Crippen LogP contribution in [0, 0.1) is 6.92 Å². The van der Waals surface area contributed by atoms with Crippen LogP contribution in [0.3, 0.4) is 0 Å². The lowest BCUT2D eigenvalue weighted by Gasteiger charge is -2.05. The van der Waals surface area contributed by atoms with Gasteiger partial charge >= 0.3 is 0 Å². The van der Waals surface area contributed by atoms with Gasteiger partial charge in [0.2, 0.25) is 0 Å². The minimum absolute atomic E-state index is 0. The lowest BCUT2D eigenvalue weighted by molar-refractivity contribution is 0.851. The van der Waals surface area contributed by atoms with Crippen LogP contribution in [0.5, 0.6) is 0 Å². The molecule has 0 bridgehead atoms. The molecule has 0 aliphatic heterocycles. The molecule has 0 unspecified atom stereocenters. The van der Waals surface area contributed by atoms with E-state index in [4.69, 9.17) is 0 Å². The highest BCUT2D eigenvalue weighted by atomic mass is 15.1. The number of aryl methyl sites for hydroxylation is 1. The van der Waals surface area contributed by atoms with Gasteiger partial charge in [-0.2, -0.15) is 0 Å². The first-order chi connectivity index (χ1) is 7.16. The minimum Gasteiger partial charge on any atom is -0.290 e. The molecule has 0 aliphatic carbocycles. The van der Waals surface area contributed by atoms with Crippen molar-refractivity contribution in [2.75, 3.05) is 0 Å². The van der Waals surface area contributed by atoms with Gasteiger partial charge in [0.15, 0.2) is 0 Å². The average molecular weight is 217 g/mol. The fourth-order valence-electron chi connectivity index (χ4n) is 1.44. The maximum absolute atomic E-state index is 4.41. The van der Waals surface area contributed by atoms with Crippen molar-refractivity contribution in [2.45, 2.75) is 34.1 Å². The number of pyridine rings is 1.